The first-order valence-electron chi connectivity index (χ1n) is 12.7. The Morgan fingerprint density at radius 3 is 1.20 bits per heavy atom. The van der Waals surface area contributed by atoms with Crippen LogP contribution in [0.1, 0.15) is 55.4 Å². The molecule has 16 heteroatoms. The number of carbonyl (C=O) groups is 6. The molecule has 4 heterocycles. The van der Waals surface area contributed by atoms with Crippen LogP contribution in [0.3, 0.4) is 0 Å². The predicted molar refractivity (Wildman–Crippen MR) is 165 cm³/mol. The molecule has 4 aliphatic heterocycles. The summed E-state index contributed by atoms with van der Waals surface area (Å²) < 4.78 is 0.615. The van der Waals surface area contributed by atoms with Gasteiger partial charge in [0.15, 0.2) is 5.11 Å². The molecule has 0 aromatic carbocycles. The van der Waals surface area contributed by atoms with Crippen LogP contribution in [0.2, 0.25) is 0 Å². The van der Waals surface area contributed by atoms with Gasteiger partial charge >= 0.3 is 6.03 Å². The highest BCUT2D eigenvalue weighted by atomic mass is 32.2. The van der Waals surface area contributed by atoms with Crippen LogP contribution in [0.4, 0.5) is 9.59 Å². The Bertz CT molecular complexity index is 875. The molecule has 4 fully saturated rings. The largest absolute Gasteiger partial charge is 0.350 e. The second kappa shape index (κ2) is 16.2. The summed E-state index contributed by atoms with van der Waals surface area (Å²) in [7, 11) is 0. The van der Waals surface area contributed by atoms with E-state index in [-0.39, 0.29) is 69.3 Å². The summed E-state index contributed by atoms with van der Waals surface area (Å²) in [4.78, 5) is 64.8. The number of thioether (sulfide) groups is 2. The summed E-state index contributed by atoms with van der Waals surface area (Å²) in [5.41, 5.74) is 0. The first-order valence-corrected chi connectivity index (χ1v) is 15.3. The lowest BCUT2D eigenvalue weighted by molar-refractivity contribution is -0.121. The Labute approximate surface area is 253 Å². The maximum atomic E-state index is 11.0. The fraction of sp³-hybridized carbons (Fsp3) is 0.667. The van der Waals surface area contributed by atoms with Gasteiger partial charge in [-0.3, -0.25) is 34.6 Å². The number of hydrogen-bond acceptors (Lipinski definition) is 10. The van der Waals surface area contributed by atoms with Gasteiger partial charge in [-0.15, -0.1) is 0 Å². The van der Waals surface area contributed by atoms with Crippen LogP contribution in [0.25, 0.3) is 0 Å². The molecule has 0 saturated carbocycles. The first kappa shape index (κ1) is 35.7. The van der Waals surface area contributed by atoms with E-state index in [0.29, 0.717) is 21.3 Å². The van der Waals surface area contributed by atoms with E-state index in [9.17, 15) is 28.8 Å². The lowest BCUT2D eigenvalue weighted by Gasteiger charge is -2.10. The molecule has 4 saturated heterocycles. The molecular formula is C24H38N6O6S4. The maximum absolute atomic E-state index is 11.0. The van der Waals surface area contributed by atoms with Gasteiger partial charge in [0.25, 0.3) is 11.1 Å². The molecule has 224 valence electrons. The Morgan fingerprint density at radius 2 is 1.00 bits per heavy atom. The molecule has 4 unspecified atom stereocenters. The highest BCUT2D eigenvalue weighted by molar-refractivity contribution is 8.24. The Balaban J connectivity index is 0.000000267. The average molecular weight is 635 g/mol. The van der Waals surface area contributed by atoms with Crippen LogP contribution < -0.4 is 31.9 Å². The number of carbonyl (C=O) groups excluding carboxylic acids is 6. The topological polar surface area (TPSA) is 175 Å². The van der Waals surface area contributed by atoms with Crippen LogP contribution >= 0.6 is 48.0 Å². The van der Waals surface area contributed by atoms with Gasteiger partial charge in [0.2, 0.25) is 17.7 Å². The van der Waals surface area contributed by atoms with Crippen molar-refractivity contribution < 1.29 is 28.8 Å². The Kier molecular flexibility index (Phi) is 14.5. The molecule has 4 atom stereocenters. The zero-order valence-corrected chi connectivity index (χ0v) is 27.0. The molecule has 0 aliphatic carbocycles. The lowest BCUT2D eigenvalue weighted by atomic mass is 10.1. The van der Waals surface area contributed by atoms with Gasteiger partial charge in [0.1, 0.15) is 16.4 Å². The fourth-order valence-corrected chi connectivity index (χ4v) is 5.72. The van der Waals surface area contributed by atoms with Crippen LogP contribution in [0.5, 0.6) is 0 Å². The quantitative estimate of drug-likeness (QED) is 0.197. The van der Waals surface area contributed by atoms with Crippen molar-refractivity contribution in [3.8, 4) is 0 Å². The van der Waals surface area contributed by atoms with Gasteiger partial charge < -0.3 is 21.3 Å². The molecule has 0 aromatic rings. The number of hydrogen-bond donors (Lipinski definition) is 6. The third-order valence-corrected chi connectivity index (χ3v) is 8.86. The minimum absolute atomic E-state index is 0.0139. The van der Waals surface area contributed by atoms with Crippen molar-refractivity contribution >= 4 is 92.3 Å². The monoisotopic (exact) mass is 634 g/mol. The summed E-state index contributed by atoms with van der Waals surface area (Å²) >= 11 is 12.1. The van der Waals surface area contributed by atoms with Crippen molar-refractivity contribution in [3.63, 3.8) is 0 Å². The van der Waals surface area contributed by atoms with Gasteiger partial charge in [0, 0.05) is 0 Å². The van der Waals surface area contributed by atoms with E-state index in [1.807, 2.05) is 55.4 Å². The summed E-state index contributed by atoms with van der Waals surface area (Å²) in [6.45, 7) is 15.6. The van der Waals surface area contributed by atoms with Crippen LogP contribution in [-0.2, 0) is 19.2 Å². The molecule has 0 spiro atoms. The molecule has 6 N–H and O–H groups in total. The zero-order valence-electron chi connectivity index (χ0n) is 23.7. The van der Waals surface area contributed by atoms with E-state index < -0.39 is 0 Å². The SMILES string of the molecule is CC(C)C1NC(=O)NC1=O.CC(C)C1NC(=S)NC1=O.CC(C)C1SC(=O)NC1=O.CC(C)C1SC(=S)NC1=O. The predicted octanol–water partition coefficient (Wildman–Crippen LogP) is 2.02. The second-order valence-corrected chi connectivity index (χ2v) is 13.8. The molecule has 0 aromatic heterocycles. The number of thiocarbonyl (C=S) groups is 2. The molecule has 12 nitrogen and oxygen atoms in total. The minimum atomic E-state index is -0.385. The van der Waals surface area contributed by atoms with E-state index >= 15 is 0 Å². The van der Waals surface area contributed by atoms with Crippen molar-refractivity contribution in [2.24, 2.45) is 23.7 Å². The van der Waals surface area contributed by atoms with Crippen molar-refractivity contribution in [2.45, 2.75) is 78.0 Å². The number of rotatable bonds is 4. The molecule has 4 aliphatic rings. The van der Waals surface area contributed by atoms with Gasteiger partial charge in [-0.25, -0.2) is 4.79 Å². The highest BCUT2D eigenvalue weighted by Gasteiger charge is 2.34. The number of nitrogens with one attached hydrogen (secondary N) is 6. The van der Waals surface area contributed by atoms with Crippen molar-refractivity contribution in [3.05, 3.63) is 0 Å². The summed E-state index contributed by atoms with van der Waals surface area (Å²) in [6.07, 6.45) is 0. The fourth-order valence-electron chi connectivity index (χ4n) is 3.42. The van der Waals surface area contributed by atoms with Crippen LogP contribution in [-0.4, -0.2) is 66.9 Å². The minimum Gasteiger partial charge on any atom is -0.350 e. The van der Waals surface area contributed by atoms with E-state index in [1.165, 1.54) is 11.8 Å². The lowest BCUT2D eigenvalue weighted by Crippen LogP contribution is -2.33. The van der Waals surface area contributed by atoms with Crippen LogP contribution in [0.15, 0.2) is 0 Å². The van der Waals surface area contributed by atoms with Crippen LogP contribution in [0, 0.1) is 23.7 Å². The average Bonchev–Trinajstić information content (AvgIpc) is 3.55. The third kappa shape index (κ3) is 11.3. The van der Waals surface area contributed by atoms with Gasteiger partial charge in [-0.1, -0.05) is 91.1 Å². The smallest absolute Gasteiger partial charge is 0.322 e. The molecule has 0 bridgehead atoms. The van der Waals surface area contributed by atoms with E-state index in [0.717, 1.165) is 11.8 Å². The highest BCUT2D eigenvalue weighted by Crippen LogP contribution is 2.26. The Hall–Kier alpha value is -2.30. The van der Waals surface area contributed by atoms with Crippen molar-refractivity contribution in [1.82, 2.24) is 31.9 Å². The van der Waals surface area contributed by atoms with Gasteiger partial charge in [-0.2, -0.15) is 0 Å². The molecular weight excluding hydrogens is 597 g/mol. The standard InChI is InChI=1S/C6H10N2O2.C6H10N2OS.C6H9NO2S.C6H9NOS2/c2*1-3(2)4-5(9)8-6(10)7-4;2*1-3(2)4-5(8)7-6(9)10-4/h2*3-4H,1-2H3,(H2,7,8,9,10);2*3-4H,1-2H3,(H,7,8,9). The van der Waals surface area contributed by atoms with Crippen molar-refractivity contribution in [2.75, 3.05) is 0 Å². The summed E-state index contributed by atoms with van der Waals surface area (Å²) in [5.74, 6) is 0.726. The first-order chi connectivity index (χ1) is 18.4. The number of amides is 7. The van der Waals surface area contributed by atoms with E-state index in [2.05, 4.69) is 31.9 Å². The molecule has 7 amide bonds. The zero-order chi connectivity index (χ0) is 30.9. The molecule has 0 radical (unpaired) electrons. The van der Waals surface area contributed by atoms with E-state index in [1.54, 1.807) is 0 Å². The second-order valence-electron chi connectivity index (χ2n) is 10.5. The molecule has 40 heavy (non-hydrogen) atoms. The third-order valence-electron chi connectivity index (χ3n) is 5.59. The maximum Gasteiger partial charge on any atom is 0.322 e. The van der Waals surface area contributed by atoms with Crippen molar-refractivity contribution in [1.29, 1.82) is 0 Å². The normalized spacial score (nSPS) is 25.3. The summed E-state index contributed by atoms with van der Waals surface area (Å²) in [5, 5.41) is 15.0. The van der Waals surface area contributed by atoms with E-state index in [4.69, 9.17) is 24.4 Å². The van der Waals surface area contributed by atoms with Gasteiger partial charge in [-0.05, 0) is 35.9 Å². The number of urea groups is 1. The van der Waals surface area contributed by atoms with Gasteiger partial charge in [0.05, 0.1) is 10.5 Å². The summed E-state index contributed by atoms with van der Waals surface area (Å²) in [6, 6.07) is -0.858. The Morgan fingerprint density at radius 1 is 0.550 bits per heavy atom. The molecule has 4 rings (SSSR count). The number of imide groups is 2.